The van der Waals surface area contributed by atoms with E-state index in [9.17, 15) is 18.0 Å². The molecule has 10 nitrogen and oxygen atoms in total. The Labute approximate surface area is 205 Å². The molecule has 13 heteroatoms. The van der Waals surface area contributed by atoms with Gasteiger partial charge in [-0.25, -0.2) is 9.59 Å². The van der Waals surface area contributed by atoms with Gasteiger partial charge in [0.25, 0.3) is 0 Å². The number of carbonyl (C=O) groups excluding carboxylic acids is 1. The zero-order valence-electron chi connectivity index (χ0n) is 20.1. The fraction of sp³-hybridized carbons (Fsp3) is 0.522. The fourth-order valence-corrected chi connectivity index (χ4v) is 5.01. The fourth-order valence-electron chi connectivity index (χ4n) is 5.01. The summed E-state index contributed by atoms with van der Waals surface area (Å²) in [6.45, 7) is 1.04. The topological polar surface area (TPSA) is 126 Å². The van der Waals surface area contributed by atoms with Crippen molar-refractivity contribution in [2.75, 3.05) is 33.1 Å². The Kier molecular flexibility index (Phi) is 8.33. The van der Waals surface area contributed by atoms with Gasteiger partial charge in [0.15, 0.2) is 17.3 Å². The van der Waals surface area contributed by atoms with Crippen LogP contribution in [0.5, 0.6) is 11.5 Å². The lowest BCUT2D eigenvalue weighted by Gasteiger charge is -2.45. The normalized spacial score (nSPS) is 23.6. The van der Waals surface area contributed by atoms with Gasteiger partial charge in [0, 0.05) is 23.6 Å². The summed E-state index contributed by atoms with van der Waals surface area (Å²) < 4.78 is 47.4. The second-order valence-corrected chi connectivity index (χ2v) is 8.73. The second kappa shape index (κ2) is 11.1. The first-order chi connectivity index (χ1) is 17.0. The zero-order chi connectivity index (χ0) is 26.5. The molecular weight excluding hydrogens is 485 g/mol. The van der Waals surface area contributed by atoms with E-state index in [0.29, 0.717) is 11.9 Å². The number of carbonyl (C=O) groups is 2. The minimum absolute atomic E-state index is 0.0646. The van der Waals surface area contributed by atoms with Gasteiger partial charge in [-0.1, -0.05) is 11.2 Å². The van der Waals surface area contributed by atoms with Gasteiger partial charge >= 0.3 is 18.2 Å². The average molecular weight is 515 g/mol. The lowest BCUT2D eigenvalue weighted by molar-refractivity contribution is -0.192. The van der Waals surface area contributed by atoms with E-state index in [4.69, 9.17) is 23.9 Å². The molecule has 0 bridgehead atoms. The van der Waals surface area contributed by atoms with Crippen molar-refractivity contribution in [3.63, 3.8) is 0 Å². The van der Waals surface area contributed by atoms with E-state index in [2.05, 4.69) is 39.9 Å². The van der Waals surface area contributed by atoms with E-state index < -0.39 is 12.1 Å². The van der Waals surface area contributed by atoms with Crippen molar-refractivity contribution in [2.24, 2.45) is 0 Å². The number of aromatic nitrogens is 1. The number of rotatable bonds is 5. The number of alkyl halides is 3. The van der Waals surface area contributed by atoms with Crippen LogP contribution < -0.4 is 20.1 Å². The molecule has 3 unspecified atom stereocenters. The van der Waals surface area contributed by atoms with Gasteiger partial charge < -0.3 is 29.3 Å². The molecule has 2 aromatic rings. The van der Waals surface area contributed by atoms with E-state index in [-0.39, 0.29) is 17.5 Å². The molecule has 2 amide bonds. The molecule has 1 aromatic heterocycles. The molecule has 1 aliphatic heterocycles. The summed E-state index contributed by atoms with van der Waals surface area (Å²) in [6.07, 6.45) is 0.275. The predicted molar refractivity (Wildman–Crippen MR) is 122 cm³/mol. The monoisotopic (exact) mass is 514 g/mol. The first kappa shape index (κ1) is 27.1. The standard InChI is InChI=1S/C21H28N4O4.C2HF3O2/c1-25-10-9-21(14-4-5-16(27-2)17(12-14)28-3)8-6-15(13-18(21)25)22-20(26)23-19-7-11-29-24-19;3-2(4,5)1(6)7/h4-5,7,11-12,15,18H,6,8-10,13H2,1-3H3,(H2,22,23,24,26);(H,6,7). The number of carboxylic acid groups (broad SMARTS) is 1. The van der Waals surface area contributed by atoms with Crippen molar-refractivity contribution in [3.8, 4) is 11.5 Å². The number of aliphatic carboxylic acids is 1. The second-order valence-electron chi connectivity index (χ2n) is 8.73. The number of nitrogens with zero attached hydrogens (tertiary/aromatic N) is 2. The van der Waals surface area contributed by atoms with Crippen LogP contribution >= 0.6 is 0 Å². The van der Waals surface area contributed by atoms with E-state index in [1.807, 2.05) is 6.07 Å². The van der Waals surface area contributed by atoms with Crippen LogP contribution in [0.1, 0.15) is 31.2 Å². The number of hydrogen-bond acceptors (Lipinski definition) is 7. The molecule has 2 heterocycles. The molecule has 0 radical (unpaired) electrons. The van der Waals surface area contributed by atoms with E-state index in [1.165, 1.54) is 11.8 Å². The lowest BCUT2D eigenvalue weighted by atomic mass is 9.65. The third kappa shape index (κ3) is 6.01. The molecule has 0 spiro atoms. The highest BCUT2D eigenvalue weighted by Gasteiger charge is 2.50. The van der Waals surface area contributed by atoms with Crippen molar-refractivity contribution in [1.82, 2.24) is 15.4 Å². The Hall–Kier alpha value is -3.48. The van der Waals surface area contributed by atoms with Crippen molar-refractivity contribution in [2.45, 2.75) is 49.4 Å². The highest BCUT2D eigenvalue weighted by Crippen LogP contribution is 2.49. The molecule has 3 N–H and O–H groups in total. The summed E-state index contributed by atoms with van der Waals surface area (Å²) >= 11 is 0. The number of likely N-dealkylation sites (N-methyl/N-ethyl adjacent to an activating group) is 1. The van der Waals surface area contributed by atoms with Gasteiger partial charge in [-0.15, -0.1) is 0 Å². The number of halogens is 3. The zero-order valence-corrected chi connectivity index (χ0v) is 20.1. The van der Waals surface area contributed by atoms with Gasteiger partial charge in [0.1, 0.15) is 6.26 Å². The maximum Gasteiger partial charge on any atom is 0.490 e. The van der Waals surface area contributed by atoms with E-state index in [1.54, 1.807) is 20.3 Å². The molecule has 1 aromatic carbocycles. The number of methoxy groups -OCH3 is 2. The van der Waals surface area contributed by atoms with Crippen molar-refractivity contribution >= 4 is 17.8 Å². The number of fused-ring (bicyclic) bond motifs is 1. The Morgan fingerprint density at radius 1 is 1.19 bits per heavy atom. The molecule has 3 atom stereocenters. The van der Waals surface area contributed by atoms with Crippen LogP contribution in [0.4, 0.5) is 23.8 Å². The number of anilines is 1. The van der Waals surface area contributed by atoms with Crippen LogP contribution in [0.15, 0.2) is 35.1 Å². The van der Waals surface area contributed by atoms with Gasteiger partial charge in [-0.2, -0.15) is 13.2 Å². The SMILES string of the molecule is COc1ccc(C23CCC(NC(=O)Nc4ccon4)CC2N(C)CC3)cc1OC.O=C(O)C(F)(F)F. The maximum absolute atomic E-state index is 12.3. The summed E-state index contributed by atoms with van der Waals surface area (Å²) in [5.41, 5.74) is 1.35. The maximum atomic E-state index is 12.3. The predicted octanol–water partition coefficient (Wildman–Crippen LogP) is 3.64. The van der Waals surface area contributed by atoms with E-state index in [0.717, 1.165) is 43.7 Å². The van der Waals surface area contributed by atoms with Crippen LogP contribution in [0.2, 0.25) is 0 Å². The van der Waals surface area contributed by atoms with Gasteiger partial charge in [0.2, 0.25) is 0 Å². The highest BCUT2D eigenvalue weighted by molar-refractivity contribution is 5.88. The van der Waals surface area contributed by atoms with Crippen LogP contribution in [0.3, 0.4) is 0 Å². The number of urea groups is 1. The Morgan fingerprint density at radius 3 is 2.47 bits per heavy atom. The van der Waals surface area contributed by atoms with Crippen molar-refractivity contribution in [3.05, 3.63) is 36.1 Å². The number of amides is 2. The average Bonchev–Trinajstić information content (AvgIpc) is 3.46. The van der Waals surface area contributed by atoms with Gasteiger partial charge in [-0.3, -0.25) is 5.32 Å². The third-order valence-corrected chi connectivity index (χ3v) is 6.74. The first-order valence-electron chi connectivity index (χ1n) is 11.2. The van der Waals surface area contributed by atoms with Crippen LogP contribution in [-0.2, 0) is 10.2 Å². The quantitative estimate of drug-likeness (QED) is 0.552. The molecule has 198 valence electrons. The Balaban J connectivity index is 0.000000454. The van der Waals surface area contributed by atoms with Crippen molar-refractivity contribution < 1.29 is 41.9 Å². The third-order valence-electron chi connectivity index (χ3n) is 6.74. The molecule has 2 aliphatic rings. The van der Waals surface area contributed by atoms with Crippen molar-refractivity contribution in [1.29, 1.82) is 0 Å². The largest absolute Gasteiger partial charge is 0.493 e. The number of hydrogen-bond donors (Lipinski definition) is 3. The number of likely N-dealkylation sites (tertiary alicyclic amines) is 1. The van der Waals surface area contributed by atoms with E-state index >= 15 is 0 Å². The molecule has 1 saturated heterocycles. The minimum atomic E-state index is -5.08. The summed E-state index contributed by atoms with van der Waals surface area (Å²) in [5, 5.41) is 16.7. The highest BCUT2D eigenvalue weighted by atomic mass is 19.4. The lowest BCUT2D eigenvalue weighted by Crippen LogP contribution is -2.52. The number of carboxylic acids is 1. The molecule has 36 heavy (non-hydrogen) atoms. The minimum Gasteiger partial charge on any atom is -0.493 e. The van der Waals surface area contributed by atoms with Crippen LogP contribution in [-0.4, -0.2) is 73.2 Å². The number of nitrogens with one attached hydrogen (secondary N) is 2. The van der Waals surface area contributed by atoms with Crippen LogP contribution in [0.25, 0.3) is 0 Å². The Morgan fingerprint density at radius 2 is 1.89 bits per heavy atom. The first-order valence-corrected chi connectivity index (χ1v) is 11.2. The molecule has 4 rings (SSSR count). The molecule has 2 fully saturated rings. The molecular formula is C23H29F3N4O6. The summed E-state index contributed by atoms with van der Waals surface area (Å²) in [4.78, 5) is 23.6. The Bertz CT molecular complexity index is 1050. The molecule has 1 aliphatic carbocycles. The smallest absolute Gasteiger partial charge is 0.490 e. The summed E-state index contributed by atoms with van der Waals surface area (Å²) in [7, 11) is 5.50. The molecule has 1 saturated carbocycles. The van der Waals surface area contributed by atoms with Crippen LogP contribution in [0, 0.1) is 0 Å². The summed E-state index contributed by atoms with van der Waals surface area (Å²) in [5.74, 6) is -0.834. The number of ether oxygens (including phenoxy) is 2. The van der Waals surface area contributed by atoms with Gasteiger partial charge in [0.05, 0.1) is 14.2 Å². The number of benzene rings is 1. The summed E-state index contributed by atoms with van der Waals surface area (Å²) in [6, 6.07) is 8.12. The van der Waals surface area contributed by atoms with Gasteiger partial charge in [-0.05, 0) is 57.0 Å².